The molecule has 0 saturated carbocycles. The van der Waals surface area contributed by atoms with E-state index in [-0.39, 0.29) is 30.8 Å². The predicted octanol–water partition coefficient (Wildman–Crippen LogP) is 1.23. The number of nitrogen functional groups attached to an aromatic ring is 1. The van der Waals surface area contributed by atoms with Gasteiger partial charge in [-0.25, -0.2) is 12.8 Å². The van der Waals surface area contributed by atoms with Crippen LogP contribution in [0.5, 0.6) is 0 Å². The molecule has 0 spiro atoms. The SMILES string of the molecule is N#CCCN(CCC#N)S(=O)(=O)c1cccc(F)c1N. The third kappa shape index (κ3) is 3.44. The quantitative estimate of drug-likeness (QED) is 0.793. The average Bonchev–Trinajstić information content (AvgIpc) is 2.41. The van der Waals surface area contributed by atoms with Crippen LogP contribution in [0.25, 0.3) is 0 Å². The normalized spacial score (nSPS) is 11.0. The van der Waals surface area contributed by atoms with E-state index in [1.54, 1.807) is 0 Å². The Labute approximate surface area is 116 Å². The molecule has 0 aliphatic rings. The minimum atomic E-state index is -4.03. The van der Waals surface area contributed by atoms with Gasteiger partial charge in [-0.2, -0.15) is 14.8 Å². The third-order valence-corrected chi connectivity index (χ3v) is 4.53. The molecule has 2 N–H and O–H groups in total. The van der Waals surface area contributed by atoms with Crippen molar-refractivity contribution in [2.45, 2.75) is 17.7 Å². The van der Waals surface area contributed by atoms with Crippen molar-refractivity contribution in [3.05, 3.63) is 24.0 Å². The second-order valence-electron chi connectivity index (χ2n) is 3.87. The number of nitrogens with two attached hydrogens (primary N) is 1. The summed E-state index contributed by atoms with van der Waals surface area (Å²) in [5.74, 6) is -0.827. The van der Waals surface area contributed by atoms with E-state index in [0.29, 0.717) is 0 Å². The van der Waals surface area contributed by atoms with Gasteiger partial charge < -0.3 is 5.73 Å². The van der Waals surface area contributed by atoms with E-state index in [1.807, 2.05) is 12.1 Å². The molecule has 0 radical (unpaired) electrons. The smallest absolute Gasteiger partial charge is 0.245 e. The van der Waals surface area contributed by atoms with E-state index in [9.17, 15) is 12.8 Å². The highest BCUT2D eigenvalue weighted by Crippen LogP contribution is 2.24. The lowest BCUT2D eigenvalue weighted by Crippen LogP contribution is -2.33. The van der Waals surface area contributed by atoms with E-state index < -0.39 is 21.5 Å². The van der Waals surface area contributed by atoms with Crippen molar-refractivity contribution < 1.29 is 12.8 Å². The Bertz CT molecular complexity index is 643. The molecule has 0 saturated heterocycles. The second-order valence-corrected chi connectivity index (χ2v) is 5.78. The van der Waals surface area contributed by atoms with Gasteiger partial charge in [0, 0.05) is 25.9 Å². The summed E-state index contributed by atoms with van der Waals surface area (Å²) in [4.78, 5) is -0.353. The maximum absolute atomic E-state index is 13.4. The summed E-state index contributed by atoms with van der Waals surface area (Å²) in [6.45, 7) is -0.146. The van der Waals surface area contributed by atoms with Gasteiger partial charge in [0.2, 0.25) is 10.0 Å². The lowest BCUT2D eigenvalue weighted by atomic mass is 10.3. The van der Waals surface area contributed by atoms with Crippen molar-refractivity contribution in [2.24, 2.45) is 0 Å². The zero-order chi connectivity index (χ0) is 15.2. The van der Waals surface area contributed by atoms with Gasteiger partial charge in [0.15, 0.2) is 0 Å². The highest BCUT2D eigenvalue weighted by Gasteiger charge is 2.27. The molecule has 0 aromatic heterocycles. The van der Waals surface area contributed by atoms with Crippen molar-refractivity contribution in [3.63, 3.8) is 0 Å². The molecule has 0 bridgehead atoms. The Morgan fingerprint density at radius 2 is 1.75 bits per heavy atom. The molecule has 1 rings (SSSR count). The van der Waals surface area contributed by atoms with Gasteiger partial charge in [-0.15, -0.1) is 0 Å². The van der Waals surface area contributed by atoms with Crippen molar-refractivity contribution in [1.29, 1.82) is 10.5 Å². The monoisotopic (exact) mass is 296 g/mol. The molecule has 8 heteroatoms. The molecule has 106 valence electrons. The summed E-state index contributed by atoms with van der Waals surface area (Å²) in [6.07, 6.45) is -0.0558. The number of nitrogens with zero attached hydrogens (tertiary/aromatic N) is 3. The number of halogens is 1. The highest BCUT2D eigenvalue weighted by molar-refractivity contribution is 7.89. The molecule has 0 unspecified atom stereocenters. The third-order valence-electron chi connectivity index (χ3n) is 2.58. The summed E-state index contributed by atoms with van der Waals surface area (Å²) in [7, 11) is -4.03. The zero-order valence-corrected chi connectivity index (χ0v) is 11.4. The summed E-state index contributed by atoms with van der Waals surface area (Å²) in [5.41, 5.74) is 4.99. The molecule has 0 aliphatic carbocycles. The molecule has 1 aromatic carbocycles. The second kappa shape index (κ2) is 6.85. The minimum Gasteiger partial charge on any atom is -0.395 e. The van der Waals surface area contributed by atoms with Gasteiger partial charge in [0.25, 0.3) is 0 Å². The largest absolute Gasteiger partial charge is 0.395 e. The molecule has 6 nitrogen and oxygen atoms in total. The maximum Gasteiger partial charge on any atom is 0.245 e. The molecule has 20 heavy (non-hydrogen) atoms. The highest BCUT2D eigenvalue weighted by atomic mass is 32.2. The van der Waals surface area contributed by atoms with Gasteiger partial charge in [-0.3, -0.25) is 0 Å². The number of para-hydroxylation sites is 1. The fourth-order valence-electron chi connectivity index (χ4n) is 1.58. The number of sulfonamides is 1. The van der Waals surface area contributed by atoms with Crippen LogP contribution in [-0.2, 0) is 10.0 Å². The molecule has 0 aliphatic heterocycles. The first-order chi connectivity index (χ1) is 9.45. The van der Waals surface area contributed by atoms with E-state index in [1.165, 1.54) is 12.1 Å². The minimum absolute atomic E-state index is 0.0279. The lowest BCUT2D eigenvalue weighted by molar-refractivity contribution is 0.425. The fraction of sp³-hybridized carbons (Fsp3) is 0.333. The number of hydrogen-bond donors (Lipinski definition) is 1. The summed E-state index contributed by atoms with van der Waals surface area (Å²) in [6, 6.07) is 7.15. The van der Waals surface area contributed by atoms with Crippen molar-refractivity contribution in [1.82, 2.24) is 4.31 Å². The Hall–Kier alpha value is -2.16. The molecule has 0 amide bonds. The van der Waals surface area contributed by atoms with Crippen LogP contribution >= 0.6 is 0 Å². The van der Waals surface area contributed by atoms with Crippen LogP contribution in [0.2, 0.25) is 0 Å². The topological polar surface area (TPSA) is 111 Å². The molecular formula is C12H13FN4O2S. The Morgan fingerprint density at radius 3 is 2.25 bits per heavy atom. The number of anilines is 1. The first-order valence-corrected chi connectivity index (χ1v) is 7.17. The first kappa shape index (κ1) is 15.9. The van der Waals surface area contributed by atoms with Crippen LogP contribution in [0.3, 0.4) is 0 Å². The number of nitriles is 2. The molecule has 0 fully saturated rings. The van der Waals surface area contributed by atoms with Crippen LogP contribution < -0.4 is 5.73 Å². The molecule has 1 aromatic rings. The van der Waals surface area contributed by atoms with Crippen LogP contribution in [0.4, 0.5) is 10.1 Å². The van der Waals surface area contributed by atoms with Gasteiger partial charge in [-0.05, 0) is 12.1 Å². The van der Waals surface area contributed by atoms with Crippen LogP contribution in [0, 0.1) is 28.5 Å². The number of benzene rings is 1. The standard InChI is InChI=1S/C12H13FN4O2S/c13-10-4-1-5-11(12(10)16)20(18,19)17(8-2-6-14)9-3-7-15/h1,4-5H,2-3,8-9,16H2. The number of rotatable bonds is 6. The van der Waals surface area contributed by atoms with Gasteiger partial charge >= 0.3 is 0 Å². The summed E-state index contributed by atoms with van der Waals surface area (Å²) in [5, 5.41) is 17.1. The van der Waals surface area contributed by atoms with Crippen molar-refractivity contribution >= 4 is 15.7 Å². The fourth-order valence-corrected chi connectivity index (χ4v) is 3.15. The Morgan fingerprint density at radius 1 is 1.20 bits per heavy atom. The van der Waals surface area contributed by atoms with Gasteiger partial charge in [0.1, 0.15) is 10.7 Å². The van der Waals surface area contributed by atoms with Crippen LogP contribution in [-0.4, -0.2) is 25.8 Å². The van der Waals surface area contributed by atoms with E-state index in [0.717, 1.165) is 10.4 Å². The van der Waals surface area contributed by atoms with Gasteiger partial charge in [-0.1, -0.05) is 6.07 Å². The van der Waals surface area contributed by atoms with Crippen LogP contribution in [0.1, 0.15) is 12.8 Å². The Balaban J connectivity index is 3.19. The van der Waals surface area contributed by atoms with E-state index >= 15 is 0 Å². The first-order valence-electron chi connectivity index (χ1n) is 5.73. The molecule has 0 heterocycles. The molecule has 0 atom stereocenters. The predicted molar refractivity (Wildman–Crippen MR) is 70.0 cm³/mol. The Kier molecular flexibility index (Phi) is 5.44. The average molecular weight is 296 g/mol. The maximum atomic E-state index is 13.4. The van der Waals surface area contributed by atoms with Crippen molar-refractivity contribution in [3.8, 4) is 12.1 Å². The van der Waals surface area contributed by atoms with Crippen LogP contribution in [0.15, 0.2) is 23.1 Å². The lowest BCUT2D eigenvalue weighted by Gasteiger charge is -2.20. The zero-order valence-electron chi connectivity index (χ0n) is 10.6. The summed E-state index contributed by atoms with van der Waals surface area (Å²) < 4.78 is 39.1. The van der Waals surface area contributed by atoms with E-state index in [2.05, 4.69) is 0 Å². The van der Waals surface area contributed by atoms with Crippen molar-refractivity contribution in [2.75, 3.05) is 18.8 Å². The van der Waals surface area contributed by atoms with E-state index in [4.69, 9.17) is 16.3 Å². The molecular weight excluding hydrogens is 283 g/mol. The number of hydrogen-bond acceptors (Lipinski definition) is 5. The van der Waals surface area contributed by atoms with Gasteiger partial charge in [0.05, 0.1) is 17.8 Å². The summed E-state index contributed by atoms with van der Waals surface area (Å²) >= 11 is 0.